The first-order valence-electron chi connectivity index (χ1n) is 10.2. The number of likely N-dealkylation sites (tertiary alicyclic amines) is 1. The molecular weight excluding hydrogens is 370 g/mol. The second kappa shape index (κ2) is 7.94. The number of hydrogen-bond donors (Lipinski definition) is 1. The standard InChI is InChI=1S/C21H27N5O3/c1-4-5-13(2)21(28)25-11-14(3)16(12-25)18-23-20(27)17-10-22-19(26(17)24-18)15-6-8-29-9-7-15/h4-5,10,14-16H,2,6-9,11-12H2,1,3H3,(H,23,24,27). The van der Waals surface area contributed by atoms with Gasteiger partial charge < -0.3 is 14.6 Å². The van der Waals surface area contributed by atoms with E-state index in [1.54, 1.807) is 27.8 Å². The zero-order valence-corrected chi connectivity index (χ0v) is 16.9. The molecule has 4 rings (SSSR count). The van der Waals surface area contributed by atoms with Gasteiger partial charge in [0.1, 0.15) is 11.6 Å². The second-order valence-corrected chi connectivity index (χ2v) is 7.96. The Kier molecular flexibility index (Phi) is 5.36. The van der Waals surface area contributed by atoms with Crippen molar-refractivity contribution in [1.82, 2.24) is 24.5 Å². The minimum atomic E-state index is -0.198. The third-order valence-electron chi connectivity index (χ3n) is 5.93. The number of ether oxygens (including phenoxy) is 1. The molecule has 0 radical (unpaired) electrons. The highest BCUT2D eigenvalue weighted by molar-refractivity contribution is 5.95. The van der Waals surface area contributed by atoms with Crippen molar-refractivity contribution in [2.75, 3.05) is 26.3 Å². The lowest BCUT2D eigenvalue weighted by molar-refractivity contribution is -0.125. The molecule has 29 heavy (non-hydrogen) atoms. The number of nitrogens with zero attached hydrogens (tertiary/aromatic N) is 4. The van der Waals surface area contributed by atoms with E-state index in [0.29, 0.717) is 43.2 Å². The number of amides is 1. The zero-order valence-electron chi connectivity index (χ0n) is 16.9. The summed E-state index contributed by atoms with van der Waals surface area (Å²) < 4.78 is 7.14. The molecular formula is C21H27N5O3. The molecule has 0 saturated carbocycles. The van der Waals surface area contributed by atoms with E-state index < -0.39 is 0 Å². The molecule has 2 aromatic rings. The van der Waals surface area contributed by atoms with Gasteiger partial charge in [-0.2, -0.15) is 5.10 Å². The Morgan fingerprint density at radius 2 is 2.10 bits per heavy atom. The monoisotopic (exact) mass is 397 g/mol. The summed E-state index contributed by atoms with van der Waals surface area (Å²) >= 11 is 0. The quantitative estimate of drug-likeness (QED) is 0.629. The molecule has 2 saturated heterocycles. The number of rotatable bonds is 4. The van der Waals surface area contributed by atoms with E-state index in [2.05, 4.69) is 23.5 Å². The predicted molar refractivity (Wildman–Crippen MR) is 109 cm³/mol. The third kappa shape index (κ3) is 3.64. The number of carbonyl (C=O) groups is 1. The number of carbonyl (C=O) groups excluding carboxylic acids is 1. The van der Waals surface area contributed by atoms with Gasteiger partial charge in [-0.15, -0.1) is 0 Å². The first kappa shape index (κ1) is 19.6. The molecule has 0 aliphatic carbocycles. The molecule has 2 aliphatic heterocycles. The van der Waals surface area contributed by atoms with Crippen LogP contribution < -0.4 is 5.56 Å². The molecule has 0 bridgehead atoms. The highest BCUT2D eigenvalue weighted by atomic mass is 16.5. The van der Waals surface area contributed by atoms with Crippen LogP contribution in [0.3, 0.4) is 0 Å². The molecule has 0 aromatic carbocycles. The number of fused-ring (bicyclic) bond motifs is 1. The fraction of sp³-hybridized carbons (Fsp3) is 0.524. The van der Waals surface area contributed by atoms with Crippen LogP contribution in [0.2, 0.25) is 0 Å². The second-order valence-electron chi connectivity index (χ2n) is 7.96. The van der Waals surface area contributed by atoms with Crippen LogP contribution in [0.5, 0.6) is 0 Å². The summed E-state index contributed by atoms with van der Waals surface area (Å²) in [5, 5.41) is 4.76. The molecule has 2 unspecified atom stereocenters. The average molecular weight is 397 g/mol. The number of allylic oxidation sites excluding steroid dienone is 1. The molecule has 154 valence electrons. The van der Waals surface area contributed by atoms with Crippen LogP contribution >= 0.6 is 0 Å². The lowest BCUT2D eigenvalue weighted by Crippen LogP contribution is -2.29. The Morgan fingerprint density at radius 3 is 2.83 bits per heavy atom. The number of aromatic amines is 1. The number of hydrogen-bond acceptors (Lipinski definition) is 5. The maximum atomic E-state index is 12.7. The van der Waals surface area contributed by atoms with Gasteiger partial charge in [0.05, 0.1) is 6.20 Å². The Morgan fingerprint density at radius 1 is 1.34 bits per heavy atom. The van der Waals surface area contributed by atoms with Crippen LogP contribution in [0.4, 0.5) is 0 Å². The number of aromatic nitrogens is 4. The summed E-state index contributed by atoms with van der Waals surface area (Å²) in [7, 11) is 0. The van der Waals surface area contributed by atoms with E-state index in [9.17, 15) is 9.59 Å². The molecule has 1 N–H and O–H groups in total. The van der Waals surface area contributed by atoms with Crippen LogP contribution in [0, 0.1) is 5.92 Å². The van der Waals surface area contributed by atoms with Gasteiger partial charge in [0, 0.05) is 43.7 Å². The van der Waals surface area contributed by atoms with Crippen LogP contribution in [-0.2, 0) is 9.53 Å². The normalized spacial score (nSPS) is 23.3. The predicted octanol–water partition coefficient (Wildman–Crippen LogP) is 2.01. The molecule has 2 fully saturated rings. The molecule has 2 aromatic heterocycles. The van der Waals surface area contributed by atoms with E-state index in [1.165, 1.54) is 0 Å². The van der Waals surface area contributed by atoms with Crippen LogP contribution in [-0.4, -0.2) is 56.7 Å². The molecule has 0 spiro atoms. The van der Waals surface area contributed by atoms with Gasteiger partial charge in [-0.1, -0.05) is 25.7 Å². The summed E-state index contributed by atoms with van der Waals surface area (Å²) in [6, 6.07) is 0. The van der Waals surface area contributed by atoms with E-state index in [1.807, 2.05) is 6.92 Å². The summed E-state index contributed by atoms with van der Waals surface area (Å²) in [5.41, 5.74) is 0.722. The fourth-order valence-electron chi connectivity index (χ4n) is 4.30. The third-order valence-corrected chi connectivity index (χ3v) is 5.93. The van der Waals surface area contributed by atoms with E-state index >= 15 is 0 Å². The van der Waals surface area contributed by atoms with Gasteiger partial charge in [0.2, 0.25) is 0 Å². The van der Waals surface area contributed by atoms with Crippen molar-refractivity contribution in [2.24, 2.45) is 5.92 Å². The Hall–Kier alpha value is -2.74. The fourth-order valence-corrected chi connectivity index (χ4v) is 4.30. The van der Waals surface area contributed by atoms with Gasteiger partial charge in [-0.3, -0.25) is 9.59 Å². The van der Waals surface area contributed by atoms with Crippen molar-refractivity contribution < 1.29 is 9.53 Å². The van der Waals surface area contributed by atoms with Gasteiger partial charge in [0.15, 0.2) is 5.52 Å². The van der Waals surface area contributed by atoms with Gasteiger partial charge in [-0.25, -0.2) is 9.50 Å². The van der Waals surface area contributed by atoms with Crippen LogP contribution in [0.1, 0.15) is 50.2 Å². The van der Waals surface area contributed by atoms with Crippen molar-refractivity contribution in [2.45, 2.75) is 38.5 Å². The first-order chi connectivity index (χ1) is 14.0. The molecule has 1 amide bonds. The molecule has 2 atom stereocenters. The summed E-state index contributed by atoms with van der Waals surface area (Å²) in [6.07, 6.45) is 6.87. The van der Waals surface area contributed by atoms with Crippen LogP contribution in [0.15, 0.2) is 35.3 Å². The van der Waals surface area contributed by atoms with Crippen molar-refractivity contribution in [1.29, 1.82) is 0 Å². The molecule has 4 heterocycles. The highest BCUT2D eigenvalue weighted by Crippen LogP contribution is 2.31. The minimum Gasteiger partial charge on any atom is -0.381 e. The van der Waals surface area contributed by atoms with Crippen molar-refractivity contribution in [3.05, 3.63) is 52.5 Å². The Balaban J connectivity index is 1.64. The molecule has 8 nitrogen and oxygen atoms in total. The average Bonchev–Trinajstić information content (AvgIpc) is 3.32. The summed E-state index contributed by atoms with van der Waals surface area (Å²) in [4.78, 5) is 34.5. The highest BCUT2D eigenvalue weighted by Gasteiger charge is 2.36. The Labute approximate surface area is 169 Å². The topological polar surface area (TPSA) is 92.6 Å². The van der Waals surface area contributed by atoms with Gasteiger partial charge >= 0.3 is 0 Å². The van der Waals surface area contributed by atoms with E-state index in [-0.39, 0.29) is 29.2 Å². The summed E-state index contributed by atoms with van der Waals surface area (Å²) in [5.74, 6) is 1.71. The lowest BCUT2D eigenvalue weighted by Gasteiger charge is -2.21. The summed E-state index contributed by atoms with van der Waals surface area (Å²) in [6.45, 7) is 10.3. The maximum absolute atomic E-state index is 12.7. The SMILES string of the molecule is C=C(C=CC)C(=O)N1CC(C)C(c2nn3c(C4CCOCC4)ncc3c(=O)[nH]2)C1. The van der Waals surface area contributed by atoms with Crippen molar-refractivity contribution >= 4 is 11.4 Å². The lowest BCUT2D eigenvalue weighted by atomic mass is 9.97. The largest absolute Gasteiger partial charge is 0.381 e. The molecule has 2 aliphatic rings. The smallest absolute Gasteiger partial charge is 0.276 e. The number of nitrogens with one attached hydrogen (secondary N) is 1. The van der Waals surface area contributed by atoms with E-state index in [0.717, 1.165) is 18.7 Å². The molecule has 8 heteroatoms. The maximum Gasteiger partial charge on any atom is 0.276 e. The van der Waals surface area contributed by atoms with Crippen LogP contribution in [0.25, 0.3) is 5.52 Å². The minimum absolute atomic E-state index is 0.0422. The Bertz CT molecular complexity index is 1010. The van der Waals surface area contributed by atoms with Gasteiger partial charge in [0.25, 0.3) is 11.5 Å². The van der Waals surface area contributed by atoms with Gasteiger partial charge in [-0.05, 0) is 25.7 Å². The van der Waals surface area contributed by atoms with Crippen molar-refractivity contribution in [3.63, 3.8) is 0 Å². The van der Waals surface area contributed by atoms with Crippen molar-refractivity contribution in [3.8, 4) is 0 Å². The zero-order chi connectivity index (χ0) is 20.5. The van der Waals surface area contributed by atoms with E-state index in [4.69, 9.17) is 9.84 Å². The number of imidazole rings is 1. The number of H-pyrrole nitrogens is 1. The first-order valence-corrected chi connectivity index (χ1v) is 10.2.